The van der Waals surface area contributed by atoms with Crippen molar-refractivity contribution in [1.29, 1.82) is 0 Å². The SMILES string of the molecule is NCCc1c(C(=O)O)nnn1CCc1cccnc1. The van der Waals surface area contributed by atoms with E-state index in [0.717, 1.165) is 5.56 Å². The third-order valence-electron chi connectivity index (χ3n) is 2.76. The van der Waals surface area contributed by atoms with Gasteiger partial charge in [0.25, 0.3) is 0 Å². The molecule has 0 aliphatic heterocycles. The zero-order chi connectivity index (χ0) is 13.7. The predicted molar refractivity (Wildman–Crippen MR) is 67.7 cm³/mol. The van der Waals surface area contributed by atoms with Crippen molar-refractivity contribution < 1.29 is 9.90 Å². The van der Waals surface area contributed by atoms with Crippen LogP contribution in [0.1, 0.15) is 21.7 Å². The van der Waals surface area contributed by atoms with E-state index in [1.54, 1.807) is 17.1 Å². The molecule has 0 atom stereocenters. The molecule has 0 spiro atoms. The molecule has 0 bridgehead atoms. The molecule has 7 heteroatoms. The zero-order valence-corrected chi connectivity index (χ0v) is 10.4. The Bertz CT molecular complexity index is 553. The molecule has 100 valence electrons. The minimum atomic E-state index is -1.07. The maximum absolute atomic E-state index is 11.0. The van der Waals surface area contributed by atoms with Gasteiger partial charge in [0.05, 0.1) is 5.69 Å². The van der Waals surface area contributed by atoms with Crippen LogP contribution in [-0.4, -0.2) is 37.6 Å². The molecular weight excluding hydrogens is 246 g/mol. The predicted octanol–water partition coefficient (Wildman–Crippen LogP) is 0.115. The lowest BCUT2D eigenvalue weighted by Crippen LogP contribution is -2.14. The first-order chi connectivity index (χ1) is 9.22. The summed E-state index contributed by atoms with van der Waals surface area (Å²) in [5, 5.41) is 16.6. The van der Waals surface area contributed by atoms with Gasteiger partial charge in [-0.05, 0) is 24.6 Å². The van der Waals surface area contributed by atoms with Gasteiger partial charge in [-0.3, -0.25) is 4.98 Å². The second kappa shape index (κ2) is 6.05. The Morgan fingerprint density at radius 1 is 1.42 bits per heavy atom. The second-order valence-corrected chi connectivity index (χ2v) is 4.06. The van der Waals surface area contributed by atoms with E-state index < -0.39 is 5.97 Å². The van der Waals surface area contributed by atoms with Crippen LogP contribution in [0.15, 0.2) is 24.5 Å². The number of rotatable bonds is 6. The average Bonchev–Trinajstić information content (AvgIpc) is 2.81. The fourth-order valence-corrected chi connectivity index (χ4v) is 1.84. The number of hydrogen-bond donors (Lipinski definition) is 2. The van der Waals surface area contributed by atoms with E-state index in [9.17, 15) is 4.79 Å². The van der Waals surface area contributed by atoms with Crippen molar-refractivity contribution in [3.05, 3.63) is 41.5 Å². The molecule has 2 rings (SSSR count). The quantitative estimate of drug-likeness (QED) is 0.764. The number of carbonyl (C=O) groups is 1. The minimum absolute atomic E-state index is 0.0170. The van der Waals surface area contributed by atoms with Gasteiger partial charge in [0.1, 0.15) is 0 Å². The summed E-state index contributed by atoms with van der Waals surface area (Å²) in [6.45, 7) is 0.919. The molecule has 0 saturated carbocycles. The van der Waals surface area contributed by atoms with E-state index >= 15 is 0 Å². The summed E-state index contributed by atoms with van der Waals surface area (Å²) in [5.41, 5.74) is 7.11. The highest BCUT2D eigenvalue weighted by Crippen LogP contribution is 2.08. The Labute approximate surface area is 110 Å². The van der Waals surface area contributed by atoms with Gasteiger partial charge in [0.15, 0.2) is 5.69 Å². The van der Waals surface area contributed by atoms with E-state index in [1.807, 2.05) is 12.1 Å². The molecule has 3 N–H and O–H groups in total. The number of carboxylic acids is 1. The molecule has 7 nitrogen and oxygen atoms in total. The summed E-state index contributed by atoms with van der Waals surface area (Å²) in [7, 11) is 0. The van der Waals surface area contributed by atoms with E-state index in [1.165, 1.54) is 0 Å². The van der Waals surface area contributed by atoms with Gasteiger partial charge in [0, 0.05) is 25.4 Å². The third kappa shape index (κ3) is 3.14. The molecular formula is C12H15N5O2. The van der Waals surface area contributed by atoms with Crippen LogP contribution in [0.5, 0.6) is 0 Å². The topological polar surface area (TPSA) is 107 Å². The molecule has 0 saturated heterocycles. The molecule has 0 amide bonds. The van der Waals surface area contributed by atoms with Crippen LogP contribution >= 0.6 is 0 Å². The Morgan fingerprint density at radius 3 is 2.89 bits per heavy atom. The highest BCUT2D eigenvalue weighted by atomic mass is 16.4. The fourth-order valence-electron chi connectivity index (χ4n) is 1.84. The van der Waals surface area contributed by atoms with Gasteiger partial charge >= 0.3 is 5.97 Å². The van der Waals surface area contributed by atoms with Gasteiger partial charge in [-0.2, -0.15) is 0 Å². The van der Waals surface area contributed by atoms with Crippen LogP contribution in [0.4, 0.5) is 0 Å². The van der Waals surface area contributed by atoms with Gasteiger partial charge in [-0.15, -0.1) is 5.10 Å². The summed E-state index contributed by atoms with van der Waals surface area (Å²) < 4.78 is 1.60. The van der Waals surface area contributed by atoms with Crippen LogP contribution in [0, 0.1) is 0 Å². The maximum atomic E-state index is 11.0. The van der Waals surface area contributed by atoms with Gasteiger partial charge in [0.2, 0.25) is 0 Å². The van der Waals surface area contributed by atoms with Crippen molar-refractivity contribution in [2.75, 3.05) is 6.54 Å². The third-order valence-corrected chi connectivity index (χ3v) is 2.76. The number of hydrogen-bond acceptors (Lipinski definition) is 5. The fraction of sp³-hybridized carbons (Fsp3) is 0.333. The van der Waals surface area contributed by atoms with Crippen molar-refractivity contribution in [2.45, 2.75) is 19.4 Å². The zero-order valence-electron chi connectivity index (χ0n) is 10.4. The van der Waals surface area contributed by atoms with Crippen molar-refractivity contribution >= 4 is 5.97 Å². The normalized spacial score (nSPS) is 10.6. The minimum Gasteiger partial charge on any atom is -0.476 e. The monoisotopic (exact) mass is 261 g/mol. The largest absolute Gasteiger partial charge is 0.476 e. The first-order valence-corrected chi connectivity index (χ1v) is 5.97. The molecule has 0 fully saturated rings. The first kappa shape index (κ1) is 13.2. The summed E-state index contributed by atoms with van der Waals surface area (Å²) >= 11 is 0. The van der Waals surface area contributed by atoms with Crippen LogP contribution in [-0.2, 0) is 19.4 Å². The Kier molecular flexibility index (Phi) is 4.19. The molecule has 2 aromatic heterocycles. The number of aromatic nitrogens is 4. The number of carboxylic acid groups (broad SMARTS) is 1. The van der Waals surface area contributed by atoms with Crippen molar-refractivity contribution in [1.82, 2.24) is 20.0 Å². The van der Waals surface area contributed by atoms with Crippen LogP contribution in [0.25, 0.3) is 0 Å². The Balaban J connectivity index is 2.14. The number of pyridine rings is 1. The molecule has 2 aromatic rings. The van der Waals surface area contributed by atoms with Crippen LogP contribution in [0.3, 0.4) is 0 Å². The summed E-state index contributed by atoms with van der Waals surface area (Å²) in [4.78, 5) is 15.0. The van der Waals surface area contributed by atoms with E-state index in [-0.39, 0.29) is 5.69 Å². The van der Waals surface area contributed by atoms with Gasteiger partial charge in [-0.1, -0.05) is 11.3 Å². The van der Waals surface area contributed by atoms with Crippen LogP contribution < -0.4 is 5.73 Å². The summed E-state index contributed by atoms with van der Waals surface area (Å²) in [6.07, 6.45) is 4.65. The lowest BCUT2D eigenvalue weighted by atomic mass is 10.2. The molecule has 0 aliphatic rings. The molecule has 0 unspecified atom stereocenters. The number of aromatic carboxylic acids is 1. The van der Waals surface area contributed by atoms with E-state index in [2.05, 4.69) is 15.3 Å². The average molecular weight is 261 g/mol. The maximum Gasteiger partial charge on any atom is 0.358 e. The van der Waals surface area contributed by atoms with Crippen LogP contribution in [0.2, 0.25) is 0 Å². The van der Waals surface area contributed by atoms with Crippen molar-refractivity contribution in [3.63, 3.8) is 0 Å². The Morgan fingerprint density at radius 2 is 2.26 bits per heavy atom. The number of aryl methyl sites for hydroxylation is 2. The molecule has 0 aromatic carbocycles. The second-order valence-electron chi connectivity index (χ2n) is 4.06. The van der Waals surface area contributed by atoms with Crippen molar-refractivity contribution in [2.24, 2.45) is 5.73 Å². The standard InChI is InChI=1S/C12H15N5O2/c13-5-3-10-11(12(18)19)15-16-17(10)7-4-9-2-1-6-14-8-9/h1-2,6,8H,3-5,7,13H2,(H,18,19). The van der Waals surface area contributed by atoms with E-state index in [4.69, 9.17) is 10.8 Å². The molecule has 0 radical (unpaired) electrons. The summed E-state index contributed by atoms with van der Waals surface area (Å²) in [5.74, 6) is -1.07. The molecule has 0 aliphatic carbocycles. The smallest absolute Gasteiger partial charge is 0.358 e. The lowest BCUT2D eigenvalue weighted by Gasteiger charge is -2.05. The van der Waals surface area contributed by atoms with Gasteiger partial charge in [-0.25, -0.2) is 9.48 Å². The number of nitrogens with zero attached hydrogens (tertiary/aromatic N) is 4. The first-order valence-electron chi connectivity index (χ1n) is 5.97. The highest BCUT2D eigenvalue weighted by molar-refractivity contribution is 5.86. The highest BCUT2D eigenvalue weighted by Gasteiger charge is 2.17. The Hall–Kier alpha value is -2.28. The number of nitrogens with two attached hydrogens (primary N) is 1. The van der Waals surface area contributed by atoms with Crippen molar-refractivity contribution in [3.8, 4) is 0 Å². The molecule has 19 heavy (non-hydrogen) atoms. The van der Waals surface area contributed by atoms with E-state index in [0.29, 0.717) is 31.6 Å². The van der Waals surface area contributed by atoms with Gasteiger partial charge < -0.3 is 10.8 Å². The lowest BCUT2D eigenvalue weighted by molar-refractivity contribution is 0.0689. The molecule has 2 heterocycles. The summed E-state index contributed by atoms with van der Waals surface area (Å²) in [6, 6.07) is 3.82.